The first-order valence-corrected chi connectivity index (χ1v) is 8.64. The summed E-state index contributed by atoms with van der Waals surface area (Å²) in [5, 5.41) is 14.4. The van der Waals surface area contributed by atoms with E-state index in [1.54, 1.807) is 12.4 Å². The van der Waals surface area contributed by atoms with E-state index in [0.717, 1.165) is 37.4 Å². The molecule has 3 rings (SSSR count). The van der Waals surface area contributed by atoms with E-state index in [4.69, 9.17) is 0 Å². The molecule has 0 aromatic carbocycles. The zero-order chi connectivity index (χ0) is 17.1. The van der Waals surface area contributed by atoms with Crippen LogP contribution >= 0.6 is 0 Å². The van der Waals surface area contributed by atoms with Crippen LogP contribution in [0.3, 0.4) is 0 Å². The second kappa shape index (κ2) is 7.17. The minimum Gasteiger partial charge on any atom is -0.310 e. The Morgan fingerprint density at radius 3 is 2.88 bits per heavy atom. The van der Waals surface area contributed by atoms with Crippen LogP contribution in [0.25, 0.3) is 0 Å². The van der Waals surface area contributed by atoms with E-state index in [1.165, 1.54) is 0 Å². The summed E-state index contributed by atoms with van der Waals surface area (Å²) in [5.74, 6) is 1.18. The monoisotopic (exact) mass is 330 g/mol. The van der Waals surface area contributed by atoms with E-state index in [9.17, 15) is 4.79 Å². The molecule has 130 valence electrons. The molecule has 2 atom stereocenters. The molecule has 1 saturated heterocycles. The Hall–Kier alpha value is -2.15. The molecular weight excluding hydrogens is 304 g/mol. The lowest BCUT2D eigenvalue weighted by atomic mass is 9.94. The third-order valence-electron chi connectivity index (χ3n) is 4.75. The standard InChI is InChI=1S/C17H26N6O/c1-12(2)23-16(7-9-19-23)20-17(24)13(3)22-10-4-5-14(11-22)15-6-8-18-21-15/h6-9,12-14H,4-5,10-11H2,1-3H3,(H,18,21)(H,20,24)/t13-,14-/m0/s1. The number of nitrogens with one attached hydrogen (secondary N) is 2. The number of carbonyl (C=O) groups is 1. The predicted octanol–water partition coefficient (Wildman–Crippen LogP) is 2.39. The zero-order valence-electron chi connectivity index (χ0n) is 14.6. The second-order valence-corrected chi connectivity index (χ2v) is 6.77. The molecule has 0 radical (unpaired) electrons. The van der Waals surface area contributed by atoms with Gasteiger partial charge in [-0.3, -0.25) is 14.8 Å². The minimum absolute atomic E-state index is 0.0164. The Bertz CT molecular complexity index is 662. The summed E-state index contributed by atoms with van der Waals surface area (Å²) in [6.07, 6.45) is 5.73. The van der Waals surface area contributed by atoms with Gasteiger partial charge in [0.1, 0.15) is 5.82 Å². The smallest absolute Gasteiger partial charge is 0.242 e. The average Bonchev–Trinajstić information content (AvgIpc) is 3.25. The summed E-state index contributed by atoms with van der Waals surface area (Å²) in [4.78, 5) is 14.9. The van der Waals surface area contributed by atoms with Crippen molar-refractivity contribution in [1.29, 1.82) is 0 Å². The van der Waals surface area contributed by atoms with Crippen LogP contribution < -0.4 is 5.32 Å². The first-order valence-electron chi connectivity index (χ1n) is 8.64. The lowest BCUT2D eigenvalue weighted by Crippen LogP contribution is -2.46. The van der Waals surface area contributed by atoms with Crippen LogP contribution in [0.1, 0.15) is 51.3 Å². The molecule has 3 heterocycles. The lowest BCUT2D eigenvalue weighted by molar-refractivity contribution is -0.121. The highest BCUT2D eigenvalue weighted by molar-refractivity contribution is 5.93. The molecule has 1 aliphatic heterocycles. The molecule has 1 aliphatic rings. The maximum Gasteiger partial charge on any atom is 0.242 e. The molecule has 0 saturated carbocycles. The largest absolute Gasteiger partial charge is 0.310 e. The van der Waals surface area contributed by atoms with Crippen molar-refractivity contribution in [2.45, 2.75) is 51.6 Å². The van der Waals surface area contributed by atoms with Gasteiger partial charge >= 0.3 is 0 Å². The minimum atomic E-state index is -0.175. The molecule has 1 amide bonds. The van der Waals surface area contributed by atoms with Crippen LogP contribution in [0.4, 0.5) is 5.82 Å². The summed E-state index contributed by atoms with van der Waals surface area (Å²) in [6, 6.07) is 3.91. The molecular formula is C17H26N6O. The highest BCUT2D eigenvalue weighted by Crippen LogP contribution is 2.26. The van der Waals surface area contributed by atoms with Crippen LogP contribution in [-0.2, 0) is 4.79 Å². The zero-order valence-corrected chi connectivity index (χ0v) is 14.6. The third kappa shape index (κ3) is 3.51. The first-order chi connectivity index (χ1) is 11.6. The number of nitrogens with zero attached hydrogens (tertiary/aromatic N) is 4. The Kier molecular flexibility index (Phi) is 4.99. The predicted molar refractivity (Wildman–Crippen MR) is 92.8 cm³/mol. The van der Waals surface area contributed by atoms with Gasteiger partial charge in [0.25, 0.3) is 0 Å². The number of amides is 1. The van der Waals surface area contributed by atoms with Gasteiger partial charge in [0, 0.05) is 36.5 Å². The molecule has 1 fully saturated rings. The van der Waals surface area contributed by atoms with Gasteiger partial charge < -0.3 is 5.32 Å². The Morgan fingerprint density at radius 1 is 1.33 bits per heavy atom. The molecule has 7 nitrogen and oxygen atoms in total. The van der Waals surface area contributed by atoms with Crippen LogP contribution in [0.15, 0.2) is 24.5 Å². The van der Waals surface area contributed by atoms with E-state index in [2.05, 4.69) is 25.5 Å². The van der Waals surface area contributed by atoms with E-state index >= 15 is 0 Å². The van der Waals surface area contributed by atoms with E-state index < -0.39 is 0 Å². The summed E-state index contributed by atoms with van der Waals surface area (Å²) in [6.45, 7) is 7.89. The van der Waals surface area contributed by atoms with Crippen LogP contribution in [-0.4, -0.2) is 49.9 Å². The number of aromatic nitrogens is 4. The van der Waals surface area contributed by atoms with Crippen molar-refractivity contribution >= 4 is 11.7 Å². The van der Waals surface area contributed by atoms with Crippen molar-refractivity contribution in [3.8, 4) is 0 Å². The van der Waals surface area contributed by atoms with Gasteiger partial charge in [-0.15, -0.1) is 0 Å². The van der Waals surface area contributed by atoms with Crippen molar-refractivity contribution < 1.29 is 4.79 Å². The number of H-pyrrole nitrogens is 1. The van der Waals surface area contributed by atoms with E-state index in [1.807, 2.05) is 37.6 Å². The van der Waals surface area contributed by atoms with Crippen molar-refractivity contribution in [1.82, 2.24) is 24.9 Å². The molecule has 2 aromatic heterocycles. The number of piperidine rings is 1. The second-order valence-electron chi connectivity index (χ2n) is 6.77. The normalized spacial score (nSPS) is 20.2. The fourth-order valence-electron chi connectivity index (χ4n) is 3.33. The van der Waals surface area contributed by atoms with Crippen molar-refractivity contribution in [3.05, 3.63) is 30.2 Å². The van der Waals surface area contributed by atoms with Crippen molar-refractivity contribution in [2.24, 2.45) is 0 Å². The summed E-state index contributed by atoms with van der Waals surface area (Å²) < 4.78 is 1.83. The van der Waals surface area contributed by atoms with Gasteiger partial charge in [0.15, 0.2) is 0 Å². The molecule has 0 unspecified atom stereocenters. The van der Waals surface area contributed by atoms with Gasteiger partial charge in [0.05, 0.1) is 12.2 Å². The number of rotatable bonds is 5. The van der Waals surface area contributed by atoms with Crippen molar-refractivity contribution in [2.75, 3.05) is 18.4 Å². The number of hydrogen-bond acceptors (Lipinski definition) is 4. The van der Waals surface area contributed by atoms with Crippen LogP contribution in [0, 0.1) is 0 Å². The first kappa shape index (κ1) is 16.7. The number of anilines is 1. The molecule has 0 aliphatic carbocycles. The van der Waals surface area contributed by atoms with E-state index in [0.29, 0.717) is 5.92 Å². The van der Waals surface area contributed by atoms with Gasteiger partial charge in [-0.05, 0) is 46.2 Å². The Labute approximate surface area is 142 Å². The average molecular weight is 330 g/mol. The molecule has 2 N–H and O–H groups in total. The SMILES string of the molecule is CC(C)n1nccc1NC(=O)[C@H](C)N1CCC[C@H](c2ccn[nH]2)C1. The van der Waals surface area contributed by atoms with Gasteiger partial charge in [-0.25, -0.2) is 4.68 Å². The topological polar surface area (TPSA) is 78.8 Å². The number of aromatic amines is 1. The van der Waals surface area contributed by atoms with Gasteiger partial charge in [0.2, 0.25) is 5.91 Å². The quantitative estimate of drug-likeness (QED) is 0.882. The maximum absolute atomic E-state index is 12.7. The number of likely N-dealkylation sites (tertiary alicyclic amines) is 1. The highest BCUT2D eigenvalue weighted by Gasteiger charge is 2.29. The summed E-state index contributed by atoms with van der Waals surface area (Å²) in [7, 11) is 0. The number of carbonyl (C=O) groups excluding carboxylic acids is 1. The number of hydrogen-bond donors (Lipinski definition) is 2. The van der Waals surface area contributed by atoms with Gasteiger partial charge in [-0.2, -0.15) is 10.2 Å². The Balaban J connectivity index is 1.63. The highest BCUT2D eigenvalue weighted by atomic mass is 16.2. The Morgan fingerprint density at radius 2 is 2.17 bits per heavy atom. The molecule has 24 heavy (non-hydrogen) atoms. The lowest BCUT2D eigenvalue weighted by Gasteiger charge is -2.35. The maximum atomic E-state index is 12.7. The fourth-order valence-corrected chi connectivity index (χ4v) is 3.33. The van der Waals surface area contributed by atoms with Crippen LogP contribution in [0.5, 0.6) is 0 Å². The van der Waals surface area contributed by atoms with Crippen LogP contribution in [0.2, 0.25) is 0 Å². The molecule has 2 aromatic rings. The van der Waals surface area contributed by atoms with E-state index in [-0.39, 0.29) is 18.0 Å². The van der Waals surface area contributed by atoms with Crippen molar-refractivity contribution in [3.63, 3.8) is 0 Å². The summed E-state index contributed by atoms with van der Waals surface area (Å²) >= 11 is 0. The van der Waals surface area contributed by atoms with Gasteiger partial charge in [-0.1, -0.05) is 0 Å². The molecule has 0 spiro atoms. The fraction of sp³-hybridized carbons (Fsp3) is 0.588. The third-order valence-corrected chi connectivity index (χ3v) is 4.75. The molecule has 7 heteroatoms. The summed E-state index contributed by atoms with van der Waals surface area (Å²) in [5.41, 5.74) is 1.16. The molecule has 0 bridgehead atoms.